The first kappa shape index (κ1) is 28.7. The molecular weight excluding hydrogens is 553 g/mol. The number of carbonyl (C=O) groups is 2. The van der Waals surface area contributed by atoms with E-state index in [1.54, 1.807) is 31.0 Å². The molecule has 0 bridgehead atoms. The third-order valence-electron chi connectivity index (χ3n) is 8.45. The lowest BCUT2D eigenvalue weighted by Gasteiger charge is -2.36. The highest BCUT2D eigenvalue weighted by Crippen LogP contribution is 2.43. The molecule has 3 aromatic carbocycles. The first-order valence-electron chi connectivity index (χ1n) is 14.6. The molecule has 3 aromatic rings. The van der Waals surface area contributed by atoms with Crippen molar-refractivity contribution in [2.24, 2.45) is 5.92 Å². The molecule has 2 N–H and O–H groups in total. The molecule has 1 saturated carbocycles. The third kappa shape index (κ3) is 5.78. The lowest BCUT2D eigenvalue weighted by molar-refractivity contribution is -0.123. The summed E-state index contributed by atoms with van der Waals surface area (Å²) < 4.78 is 20.0. The molecule has 42 heavy (non-hydrogen) atoms. The second-order valence-electron chi connectivity index (χ2n) is 11.2. The molecule has 2 atom stereocenters. The second-order valence-corrected chi connectivity index (χ2v) is 12.3. The number of hydrogen-bond donors (Lipinski definition) is 2. The summed E-state index contributed by atoms with van der Waals surface area (Å²) >= 11 is 1.54. The van der Waals surface area contributed by atoms with Gasteiger partial charge in [0.25, 0.3) is 0 Å². The van der Waals surface area contributed by atoms with Crippen molar-refractivity contribution in [3.05, 3.63) is 72.0 Å². The van der Waals surface area contributed by atoms with Gasteiger partial charge in [0, 0.05) is 49.0 Å². The van der Waals surface area contributed by atoms with Gasteiger partial charge in [-0.25, -0.2) is 4.39 Å². The van der Waals surface area contributed by atoms with Crippen LogP contribution in [-0.4, -0.2) is 62.1 Å². The number of hydrogen-bond acceptors (Lipinski definition) is 6. The molecule has 3 aliphatic rings. The van der Waals surface area contributed by atoms with Crippen molar-refractivity contribution < 1.29 is 23.8 Å². The Morgan fingerprint density at radius 3 is 2.79 bits per heavy atom. The van der Waals surface area contributed by atoms with Crippen LogP contribution in [0.25, 0.3) is 11.1 Å². The maximum atomic E-state index is 14.8. The monoisotopic (exact) mass is 589 g/mol. The van der Waals surface area contributed by atoms with E-state index >= 15 is 0 Å². The Kier molecular flexibility index (Phi) is 8.51. The van der Waals surface area contributed by atoms with E-state index in [2.05, 4.69) is 5.32 Å². The lowest BCUT2D eigenvalue weighted by atomic mass is 9.79. The number of benzene rings is 3. The summed E-state index contributed by atoms with van der Waals surface area (Å²) in [4.78, 5) is 32.1. The number of nitrogens with one attached hydrogen (secondary N) is 1. The van der Waals surface area contributed by atoms with Crippen molar-refractivity contribution in [2.75, 3.05) is 48.9 Å². The minimum absolute atomic E-state index is 0.0411. The summed E-state index contributed by atoms with van der Waals surface area (Å²) in [7, 11) is 1.66. The molecular formula is C33H36FN3O4S. The number of fused-ring (bicyclic) bond motifs is 1. The predicted octanol–water partition coefficient (Wildman–Crippen LogP) is 5.56. The molecule has 2 aliphatic heterocycles. The number of phenols is 1. The summed E-state index contributed by atoms with van der Waals surface area (Å²) in [5.74, 6) is -0.808. The maximum absolute atomic E-state index is 14.8. The number of carbonyl (C=O) groups excluding carboxylic acids is 2. The molecule has 2 heterocycles. The quantitative estimate of drug-likeness (QED) is 0.318. The third-order valence-corrected chi connectivity index (χ3v) is 9.49. The van der Waals surface area contributed by atoms with Gasteiger partial charge in [0.15, 0.2) is 11.6 Å². The van der Waals surface area contributed by atoms with Crippen LogP contribution in [0.5, 0.6) is 5.75 Å². The van der Waals surface area contributed by atoms with Crippen LogP contribution < -0.4 is 15.1 Å². The van der Waals surface area contributed by atoms with Gasteiger partial charge in [0.2, 0.25) is 11.8 Å². The van der Waals surface area contributed by atoms with Crippen molar-refractivity contribution in [3.8, 4) is 16.9 Å². The van der Waals surface area contributed by atoms with Gasteiger partial charge in [0.05, 0.1) is 17.4 Å². The SMILES string of the molecule is COCCCN1C(=O)CSc2ccc(N(C(=O)[C@H]3CNCC[C@@H]3c3cccc(-c4cccc(O)c4F)c3)C3CC3)cc21. The summed E-state index contributed by atoms with van der Waals surface area (Å²) in [5, 5.41) is 13.3. The average molecular weight is 590 g/mol. The highest BCUT2D eigenvalue weighted by Gasteiger charge is 2.41. The van der Waals surface area contributed by atoms with Crippen molar-refractivity contribution in [2.45, 2.75) is 42.5 Å². The van der Waals surface area contributed by atoms with Gasteiger partial charge in [-0.05, 0) is 73.5 Å². The molecule has 1 aliphatic carbocycles. The molecule has 2 amide bonds. The Morgan fingerprint density at radius 1 is 1.14 bits per heavy atom. The van der Waals surface area contributed by atoms with Gasteiger partial charge in [-0.15, -0.1) is 11.8 Å². The van der Waals surface area contributed by atoms with Crippen LogP contribution in [0.15, 0.2) is 65.6 Å². The van der Waals surface area contributed by atoms with Crippen LogP contribution >= 0.6 is 11.8 Å². The Hall–Kier alpha value is -3.40. The zero-order valence-corrected chi connectivity index (χ0v) is 24.5. The van der Waals surface area contributed by atoms with Crippen molar-refractivity contribution in [1.82, 2.24) is 5.32 Å². The number of amides is 2. The number of aromatic hydroxyl groups is 1. The number of piperidine rings is 1. The standard InChI is InChI=1S/C33H36FN3O4S/c1-41-16-4-15-36-28-18-24(11-12-30(28)42-20-31(36)39)37(23-9-10-23)33(40)27-19-35-14-13-25(27)21-5-2-6-22(17-21)26-7-3-8-29(38)32(26)34/h2-3,5-8,11-12,17-18,23,25,27,35,38H,4,9-10,13-16,19-20H2,1H3/t25-,27+/m1/s1. The van der Waals surface area contributed by atoms with Crippen LogP contribution in [0.4, 0.5) is 15.8 Å². The second kappa shape index (κ2) is 12.5. The fraction of sp³-hybridized carbons (Fsp3) is 0.394. The fourth-order valence-electron chi connectivity index (χ4n) is 6.18. The van der Waals surface area contributed by atoms with E-state index in [0.717, 1.165) is 54.1 Å². The molecule has 1 saturated heterocycles. The largest absolute Gasteiger partial charge is 0.505 e. The van der Waals surface area contributed by atoms with E-state index < -0.39 is 5.82 Å². The van der Waals surface area contributed by atoms with Gasteiger partial charge < -0.3 is 25.0 Å². The number of thioether (sulfide) groups is 1. The molecule has 0 radical (unpaired) electrons. The van der Waals surface area contributed by atoms with E-state index in [1.165, 1.54) is 6.07 Å². The molecule has 9 heteroatoms. The van der Waals surface area contributed by atoms with Crippen molar-refractivity contribution in [3.63, 3.8) is 0 Å². The molecule has 0 spiro atoms. The number of phenolic OH excluding ortho intramolecular Hbond substituents is 1. The fourth-order valence-corrected chi connectivity index (χ4v) is 7.09. The van der Waals surface area contributed by atoms with Crippen molar-refractivity contribution >= 4 is 35.0 Å². The normalized spacial score (nSPS) is 20.3. The van der Waals surface area contributed by atoms with Crippen LogP contribution in [0.1, 0.15) is 37.2 Å². The van der Waals surface area contributed by atoms with Crippen molar-refractivity contribution in [1.29, 1.82) is 0 Å². The maximum Gasteiger partial charge on any atom is 0.237 e. The topological polar surface area (TPSA) is 82.1 Å². The van der Waals surface area contributed by atoms with Crippen LogP contribution in [0, 0.1) is 11.7 Å². The van der Waals surface area contributed by atoms with E-state index in [-0.39, 0.29) is 35.4 Å². The Bertz CT molecular complexity index is 1480. The van der Waals surface area contributed by atoms with E-state index in [1.807, 2.05) is 52.3 Å². The average Bonchev–Trinajstić information content (AvgIpc) is 3.85. The molecule has 0 aromatic heterocycles. The van der Waals surface area contributed by atoms with Crippen LogP contribution in [0.3, 0.4) is 0 Å². The van der Waals surface area contributed by atoms with E-state index in [9.17, 15) is 19.1 Å². The lowest BCUT2D eigenvalue weighted by Crippen LogP contribution is -2.47. The van der Waals surface area contributed by atoms with Gasteiger partial charge >= 0.3 is 0 Å². The molecule has 7 nitrogen and oxygen atoms in total. The van der Waals surface area contributed by atoms with Gasteiger partial charge in [-0.3, -0.25) is 9.59 Å². The summed E-state index contributed by atoms with van der Waals surface area (Å²) in [6, 6.07) is 18.5. The van der Waals surface area contributed by atoms with Crippen LogP contribution in [-0.2, 0) is 14.3 Å². The van der Waals surface area contributed by atoms with E-state index in [0.29, 0.717) is 36.6 Å². The molecule has 0 unspecified atom stereocenters. The summed E-state index contributed by atoms with van der Waals surface area (Å²) in [6.45, 7) is 2.50. The molecule has 6 rings (SSSR count). The van der Waals surface area contributed by atoms with E-state index in [4.69, 9.17) is 4.74 Å². The Morgan fingerprint density at radius 2 is 1.98 bits per heavy atom. The predicted molar refractivity (Wildman–Crippen MR) is 164 cm³/mol. The number of rotatable bonds is 9. The number of anilines is 2. The number of ether oxygens (including phenoxy) is 1. The highest BCUT2D eigenvalue weighted by molar-refractivity contribution is 8.00. The zero-order chi connectivity index (χ0) is 29.2. The summed E-state index contributed by atoms with van der Waals surface area (Å²) in [6.07, 6.45) is 3.42. The first-order valence-corrected chi connectivity index (χ1v) is 15.6. The minimum atomic E-state index is -0.646. The first-order chi connectivity index (χ1) is 20.5. The molecule has 220 valence electrons. The highest BCUT2D eigenvalue weighted by atomic mass is 32.2. The number of halogens is 1. The minimum Gasteiger partial charge on any atom is -0.505 e. The molecule has 2 fully saturated rings. The van der Waals surface area contributed by atoms with Gasteiger partial charge in [-0.1, -0.05) is 36.4 Å². The zero-order valence-electron chi connectivity index (χ0n) is 23.7. The summed E-state index contributed by atoms with van der Waals surface area (Å²) in [5.41, 5.74) is 3.69. The Balaban J connectivity index is 1.30. The smallest absolute Gasteiger partial charge is 0.237 e. The Labute approximate surface area is 250 Å². The van der Waals surface area contributed by atoms with Gasteiger partial charge in [0.1, 0.15) is 0 Å². The number of nitrogens with zero attached hydrogens (tertiary/aromatic N) is 2. The van der Waals surface area contributed by atoms with Crippen LogP contribution in [0.2, 0.25) is 0 Å². The number of methoxy groups -OCH3 is 1. The van der Waals surface area contributed by atoms with Gasteiger partial charge in [-0.2, -0.15) is 0 Å².